The van der Waals surface area contributed by atoms with E-state index in [0.29, 0.717) is 55.0 Å². The number of carboxylic acid groups (broad SMARTS) is 1. The fourth-order valence-corrected chi connectivity index (χ4v) is 17.1. The maximum atomic E-state index is 13.6. The van der Waals surface area contributed by atoms with E-state index in [2.05, 4.69) is 58.7 Å². The maximum absolute atomic E-state index is 13.6. The summed E-state index contributed by atoms with van der Waals surface area (Å²) in [6.45, 7) is 23.4. The van der Waals surface area contributed by atoms with Crippen LogP contribution in [0, 0.1) is 74.4 Å². The molecule has 1 unspecified atom stereocenters. The topological polar surface area (TPSA) is 133 Å². The summed E-state index contributed by atoms with van der Waals surface area (Å²) in [6, 6.07) is -0.00325. The number of aliphatic hydroxyl groups excluding tert-OH is 1. The summed E-state index contributed by atoms with van der Waals surface area (Å²) >= 11 is 0. The van der Waals surface area contributed by atoms with E-state index < -0.39 is 27.1 Å². The van der Waals surface area contributed by atoms with Crippen molar-refractivity contribution in [1.29, 1.82) is 0 Å². The van der Waals surface area contributed by atoms with Crippen LogP contribution in [0.2, 0.25) is 0 Å². The van der Waals surface area contributed by atoms with E-state index in [1.54, 1.807) is 0 Å². The molecule has 7 rings (SSSR count). The number of hydrogen-bond donors (Lipinski definition) is 3. The molecule has 314 valence electrons. The number of nitrogens with zero attached hydrogens (tertiary/aromatic N) is 1. The van der Waals surface area contributed by atoms with E-state index in [1.807, 2.05) is 13.8 Å². The normalized spacial score (nSPS) is 46.3. The summed E-state index contributed by atoms with van der Waals surface area (Å²) < 4.78 is 30.6. The number of rotatable bonds is 10. The standard InChI is InChI=1S/C45H76N2O7S/c1-28(2)30-12-18-45(46-21-15-29(27-48)47-22-24-55(52,53)25-23-47)20-19-43(8)31(37(30)45)10-11-35-42(7)16-14-36(41(5,6)34(42)13-17-44(35,43)9)54-39(51)33-26-32(38(49)50)40(33,3)4/h28-37,46,48H,10-27H2,1-9H3,(H,49,50)/t29?,30-,31+,32-,33+,34-,35+,36-,37+,42-,43+,44+,45-/m0/s1. The zero-order valence-corrected chi connectivity index (χ0v) is 36.6. The van der Waals surface area contributed by atoms with Gasteiger partial charge in [0, 0.05) is 30.1 Å². The van der Waals surface area contributed by atoms with Crippen LogP contribution in [-0.4, -0.2) is 90.9 Å². The molecular weight excluding hydrogens is 713 g/mol. The largest absolute Gasteiger partial charge is 0.481 e. The fourth-order valence-electron chi connectivity index (χ4n) is 15.8. The van der Waals surface area contributed by atoms with Crippen molar-refractivity contribution >= 4 is 21.8 Å². The SMILES string of the molecule is CC(C)[C@@H]1CC[C@]2(NCCC(CO)N3CCS(=O)(=O)CC3)CC[C@]3(C)[C@H](CC[C@@H]4[C@@]5(C)CC[C@H](OC(=O)[C@H]6C[C@@H](C(=O)O)C6(C)C)C(C)(C)[C@@H]5CC[C@]43C)[C@@H]12. The molecule has 6 aliphatic carbocycles. The van der Waals surface area contributed by atoms with E-state index in [9.17, 15) is 28.2 Å². The first-order valence-electron chi connectivity index (χ1n) is 22.3. The molecule has 3 N–H and O–H groups in total. The minimum atomic E-state index is -2.96. The molecule has 55 heavy (non-hydrogen) atoms. The number of aliphatic carboxylic acids is 1. The Morgan fingerprint density at radius 3 is 2.13 bits per heavy atom. The molecule has 7 aliphatic rings. The van der Waals surface area contributed by atoms with Crippen molar-refractivity contribution in [2.75, 3.05) is 37.7 Å². The molecule has 0 amide bonds. The molecule has 9 nitrogen and oxygen atoms in total. The van der Waals surface area contributed by atoms with Gasteiger partial charge >= 0.3 is 11.9 Å². The van der Waals surface area contributed by atoms with Gasteiger partial charge in [-0.1, -0.05) is 62.3 Å². The molecule has 0 spiro atoms. The highest BCUT2D eigenvalue weighted by Gasteiger charge is 2.71. The third kappa shape index (κ3) is 6.49. The Balaban J connectivity index is 1.07. The van der Waals surface area contributed by atoms with Crippen LogP contribution in [0.15, 0.2) is 0 Å². The predicted molar refractivity (Wildman–Crippen MR) is 216 cm³/mol. The lowest BCUT2D eigenvalue weighted by molar-refractivity contribution is -0.249. The summed E-state index contributed by atoms with van der Waals surface area (Å²) in [5.41, 5.74) is 0.0306. The molecule has 0 aromatic carbocycles. The monoisotopic (exact) mass is 789 g/mol. The summed E-state index contributed by atoms with van der Waals surface area (Å²) in [6.07, 6.45) is 12.9. The highest BCUT2D eigenvalue weighted by molar-refractivity contribution is 7.91. The smallest absolute Gasteiger partial charge is 0.309 e. The second-order valence-electron chi connectivity index (χ2n) is 22.3. The van der Waals surface area contributed by atoms with Crippen molar-refractivity contribution in [1.82, 2.24) is 10.2 Å². The van der Waals surface area contributed by atoms with Crippen LogP contribution < -0.4 is 5.32 Å². The molecule has 0 aromatic heterocycles. The van der Waals surface area contributed by atoms with Gasteiger partial charge in [-0.05, 0) is 141 Å². The lowest BCUT2D eigenvalue weighted by atomic mass is 9.32. The van der Waals surface area contributed by atoms with Gasteiger partial charge in [-0.25, -0.2) is 8.42 Å². The van der Waals surface area contributed by atoms with Crippen LogP contribution in [0.4, 0.5) is 0 Å². The predicted octanol–water partition coefficient (Wildman–Crippen LogP) is 7.21. The first kappa shape index (κ1) is 41.9. The minimum Gasteiger partial charge on any atom is -0.481 e. The summed E-state index contributed by atoms with van der Waals surface area (Å²) in [4.78, 5) is 27.6. The zero-order chi connectivity index (χ0) is 40.1. The van der Waals surface area contributed by atoms with Crippen molar-refractivity contribution in [2.24, 2.45) is 74.4 Å². The van der Waals surface area contributed by atoms with Crippen molar-refractivity contribution in [3.05, 3.63) is 0 Å². The Morgan fingerprint density at radius 1 is 0.818 bits per heavy atom. The van der Waals surface area contributed by atoms with Crippen LogP contribution in [0.1, 0.15) is 139 Å². The van der Waals surface area contributed by atoms with Gasteiger partial charge in [0.2, 0.25) is 0 Å². The summed E-state index contributed by atoms with van der Waals surface area (Å²) in [5.74, 6) is 2.24. The highest BCUT2D eigenvalue weighted by Crippen LogP contribution is 2.76. The number of carboxylic acids is 1. The summed E-state index contributed by atoms with van der Waals surface area (Å²) in [5, 5.41) is 24.3. The Bertz CT molecular complexity index is 1580. The van der Waals surface area contributed by atoms with Crippen molar-refractivity contribution in [3.8, 4) is 0 Å². The number of nitrogens with one attached hydrogen (secondary N) is 1. The van der Waals surface area contributed by atoms with E-state index in [0.717, 1.165) is 32.2 Å². The minimum absolute atomic E-state index is 0.00325. The Kier molecular flexibility index (Phi) is 10.8. The van der Waals surface area contributed by atoms with E-state index in [1.165, 1.54) is 44.9 Å². The van der Waals surface area contributed by atoms with Gasteiger partial charge < -0.3 is 20.3 Å². The molecular formula is C45H76N2O7S. The van der Waals surface area contributed by atoms with E-state index in [4.69, 9.17) is 4.74 Å². The van der Waals surface area contributed by atoms with Crippen LogP contribution in [0.5, 0.6) is 0 Å². The first-order valence-corrected chi connectivity index (χ1v) is 24.1. The Morgan fingerprint density at radius 2 is 1.51 bits per heavy atom. The average molecular weight is 789 g/mol. The molecule has 1 aliphatic heterocycles. The highest BCUT2D eigenvalue weighted by atomic mass is 32.2. The Labute approximate surface area is 333 Å². The van der Waals surface area contributed by atoms with Gasteiger partial charge in [0.25, 0.3) is 0 Å². The van der Waals surface area contributed by atoms with E-state index in [-0.39, 0.29) is 69.3 Å². The molecule has 1 saturated heterocycles. The van der Waals surface area contributed by atoms with Crippen LogP contribution >= 0.6 is 0 Å². The van der Waals surface area contributed by atoms with Crippen molar-refractivity contribution in [2.45, 2.75) is 157 Å². The average Bonchev–Trinajstić information content (AvgIpc) is 3.48. The Hall–Kier alpha value is -1.23. The molecule has 13 atom stereocenters. The number of esters is 1. The third-order valence-electron chi connectivity index (χ3n) is 19.4. The van der Waals surface area contributed by atoms with Gasteiger partial charge in [-0.3, -0.25) is 14.5 Å². The molecule has 10 heteroatoms. The van der Waals surface area contributed by atoms with E-state index >= 15 is 0 Å². The third-order valence-corrected chi connectivity index (χ3v) is 21.1. The summed E-state index contributed by atoms with van der Waals surface area (Å²) in [7, 11) is -2.96. The number of carbonyl (C=O) groups excluding carboxylic acids is 1. The van der Waals surface area contributed by atoms with Crippen LogP contribution in [0.3, 0.4) is 0 Å². The van der Waals surface area contributed by atoms with Crippen LogP contribution in [0.25, 0.3) is 0 Å². The van der Waals surface area contributed by atoms with Crippen molar-refractivity contribution in [3.63, 3.8) is 0 Å². The fraction of sp³-hybridized carbons (Fsp3) is 0.956. The second kappa shape index (κ2) is 14.2. The van der Waals surface area contributed by atoms with Gasteiger partial charge in [0.15, 0.2) is 9.84 Å². The number of fused-ring (bicyclic) bond motifs is 7. The maximum Gasteiger partial charge on any atom is 0.309 e. The zero-order valence-electron chi connectivity index (χ0n) is 35.8. The lowest BCUT2D eigenvalue weighted by Crippen LogP contribution is -2.69. The van der Waals surface area contributed by atoms with Gasteiger partial charge in [-0.2, -0.15) is 0 Å². The number of ether oxygens (including phenoxy) is 1. The second-order valence-corrected chi connectivity index (χ2v) is 24.6. The number of sulfone groups is 1. The van der Waals surface area contributed by atoms with Gasteiger partial charge in [0.1, 0.15) is 6.10 Å². The molecule has 0 aromatic rings. The quantitative estimate of drug-likeness (QED) is 0.197. The van der Waals surface area contributed by atoms with Gasteiger partial charge in [-0.15, -0.1) is 0 Å². The number of hydrogen-bond acceptors (Lipinski definition) is 8. The van der Waals surface area contributed by atoms with Gasteiger partial charge in [0.05, 0.1) is 29.9 Å². The molecule has 0 radical (unpaired) electrons. The molecule has 6 saturated carbocycles. The molecule has 1 heterocycles. The lowest BCUT2D eigenvalue weighted by Gasteiger charge is -2.73. The molecule has 7 fully saturated rings. The number of aliphatic hydroxyl groups is 1. The number of carbonyl (C=O) groups is 2. The van der Waals surface area contributed by atoms with Crippen molar-refractivity contribution < 1.29 is 33.0 Å². The molecule has 0 bridgehead atoms. The van der Waals surface area contributed by atoms with Crippen LogP contribution in [-0.2, 0) is 24.2 Å². The first-order chi connectivity index (χ1) is 25.6.